The molecule has 0 spiro atoms. The maximum atomic E-state index is 13.1. The lowest BCUT2D eigenvalue weighted by molar-refractivity contribution is 0.517. The summed E-state index contributed by atoms with van der Waals surface area (Å²) >= 11 is 1.52. The number of nitrogens with zero attached hydrogens (tertiary/aromatic N) is 1. The third-order valence-electron chi connectivity index (χ3n) is 5.80. The van der Waals surface area contributed by atoms with E-state index in [1.165, 1.54) is 39.5 Å². The Morgan fingerprint density at radius 3 is 2.69 bits per heavy atom. The molecule has 3 aromatic heterocycles. The van der Waals surface area contributed by atoms with Gasteiger partial charge in [-0.15, -0.1) is 11.3 Å². The fraction of sp³-hybridized carbons (Fsp3) is 0.167. The summed E-state index contributed by atoms with van der Waals surface area (Å²) in [5, 5.41) is 2.42. The average molecular weight is 399 g/mol. The van der Waals surface area contributed by atoms with Crippen molar-refractivity contribution in [1.82, 2.24) is 4.40 Å². The van der Waals surface area contributed by atoms with Crippen LogP contribution in [0.5, 0.6) is 0 Å². The number of aromatic nitrogens is 1. The van der Waals surface area contributed by atoms with Gasteiger partial charge in [-0.25, -0.2) is 4.79 Å². The number of benzene rings is 2. The number of fused-ring (bicyclic) bond motifs is 4. The summed E-state index contributed by atoms with van der Waals surface area (Å²) in [5.41, 5.74) is 3.25. The molecule has 0 bridgehead atoms. The summed E-state index contributed by atoms with van der Waals surface area (Å²) in [4.78, 5) is 26.3. The molecule has 0 aliphatic heterocycles. The molecule has 4 nitrogen and oxygen atoms in total. The van der Waals surface area contributed by atoms with Gasteiger partial charge >= 0.3 is 5.63 Å². The highest BCUT2D eigenvalue weighted by Gasteiger charge is 2.30. The highest BCUT2D eigenvalue weighted by Crippen LogP contribution is 2.45. The minimum Gasteiger partial charge on any atom is -0.430 e. The van der Waals surface area contributed by atoms with E-state index in [2.05, 4.69) is 36.4 Å². The van der Waals surface area contributed by atoms with Crippen LogP contribution in [-0.2, 0) is 6.42 Å². The zero-order valence-electron chi connectivity index (χ0n) is 15.6. The fourth-order valence-corrected chi connectivity index (χ4v) is 5.63. The predicted molar refractivity (Wildman–Crippen MR) is 116 cm³/mol. The monoisotopic (exact) mass is 399 g/mol. The first-order valence-corrected chi connectivity index (χ1v) is 10.6. The second kappa shape index (κ2) is 6.16. The third kappa shape index (κ3) is 2.58. The summed E-state index contributed by atoms with van der Waals surface area (Å²) in [6.45, 7) is 0. The Kier molecular flexibility index (Phi) is 3.56. The van der Waals surface area contributed by atoms with Crippen LogP contribution in [0.25, 0.3) is 25.8 Å². The van der Waals surface area contributed by atoms with Gasteiger partial charge in [-0.1, -0.05) is 42.5 Å². The fourth-order valence-electron chi connectivity index (χ4n) is 4.35. The summed E-state index contributed by atoms with van der Waals surface area (Å²) in [6, 6.07) is 18.2. The second-order valence-electron chi connectivity index (χ2n) is 7.67. The van der Waals surface area contributed by atoms with Gasteiger partial charge in [0.05, 0.1) is 11.0 Å². The zero-order valence-corrected chi connectivity index (χ0v) is 16.4. The van der Waals surface area contributed by atoms with Crippen molar-refractivity contribution >= 4 is 37.2 Å². The van der Waals surface area contributed by atoms with E-state index in [0.29, 0.717) is 17.9 Å². The largest absolute Gasteiger partial charge is 0.430 e. The minimum atomic E-state index is -0.459. The molecule has 1 aliphatic carbocycles. The Morgan fingerprint density at radius 1 is 1.00 bits per heavy atom. The van der Waals surface area contributed by atoms with Gasteiger partial charge in [0.2, 0.25) is 0 Å². The first-order chi connectivity index (χ1) is 14.2. The molecule has 0 N–H and O–H groups in total. The van der Waals surface area contributed by atoms with Crippen molar-refractivity contribution in [2.45, 2.75) is 25.2 Å². The van der Waals surface area contributed by atoms with Crippen LogP contribution >= 0.6 is 11.3 Å². The molecule has 0 amide bonds. The van der Waals surface area contributed by atoms with Crippen LogP contribution in [-0.4, -0.2) is 4.40 Å². The van der Waals surface area contributed by atoms with E-state index in [0.717, 1.165) is 27.9 Å². The summed E-state index contributed by atoms with van der Waals surface area (Å²) in [6.07, 6.45) is 4.36. The van der Waals surface area contributed by atoms with E-state index in [1.54, 1.807) is 16.5 Å². The molecule has 0 saturated heterocycles. The lowest BCUT2D eigenvalue weighted by Crippen LogP contribution is -2.17. The van der Waals surface area contributed by atoms with Gasteiger partial charge in [0, 0.05) is 6.07 Å². The van der Waals surface area contributed by atoms with Gasteiger partial charge in [-0.3, -0.25) is 9.20 Å². The summed E-state index contributed by atoms with van der Waals surface area (Å²) in [7, 11) is 0. The summed E-state index contributed by atoms with van der Waals surface area (Å²) < 4.78 is 7.40. The smallest absolute Gasteiger partial charge is 0.361 e. The van der Waals surface area contributed by atoms with Crippen molar-refractivity contribution in [2.75, 3.05) is 0 Å². The third-order valence-corrected chi connectivity index (χ3v) is 6.94. The van der Waals surface area contributed by atoms with Gasteiger partial charge in [-0.2, -0.15) is 0 Å². The van der Waals surface area contributed by atoms with Crippen molar-refractivity contribution in [3.63, 3.8) is 0 Å². The van der Waals surface area contributed by atoms with E-state index < -0.39 is 5.63 Å². The van der Waals surface area contributed by atoms with Crippen LogP contribution in [0, 0.1) is 0 Å². The number of pyridine rings is 1. The first-order valence-electron chi connectivity index (χ1n) is 9.76. The Labute approximate surface area is 169 Å². The van der Waals surface area contributed by atoms with E-state index in [-0.39, 0.29) is 5.56 Å². The van der Waals surface area contributed by atoms with E-state index in [4.69, 9.17) is 4.42 Å². The van der Waals surface area contributed by atoms with Gasteiger partial charge in [0.15, 0.2) is 5.52 Å². The maximum absolute atomic E-state index is 13.1. The molecular formula is C24H17NO3S. The van der Waals surface area contributed by atoms with E-state index >= 15 is 0 Å². The zero-order chi connectivity index (χ0) is 19.5. The predicted octanol–water partition coefficient (Wildman–Crippen LogP) is 5.09. The molecule has 2 aromatic carbocycles. The van der Waals surface area contributed by atoms with Crippen molar-refractivity contribution < 1.29 is 4.42 Å². The van der Waals surface area contributed by atoms with Gasteiger partial charge in [0.25, 0.3) is 5.56 Å². The lowest BCUT2D eigenvalue weighted by atomic mass is 9.95. The lowest BCUT2D eigenvalue weighted by Gasteiger charge is -2.12. The maximum Gasteiger partial charge on any atom is 0.361 e. The number of hydrogen-bond acceptors (Lipinski definition) is 4. The highest BCUT2D eigenvalue weighted by atomic mass is 32.1. The second-order valence-corrected chi connectivity index (χ2v) is 8.71. The minimum absolute atomic E-state index is 0.163. The van der Waals surface area contributed by atoms with Crippen LogP contribution in [0.3, 0.4) is 0 Å². The van der Waals surface area contributed by atoms with Crippen LogP contribution in [0.1, 0.15) is 35.4 Å². The van der Waals surface area contributed by atoms with E-state index in [1.807, 2.05) is 6.07 Å². The normalized spacial score (nSPS) is 14.2. The standard InChI is InChI=1S/C24H17NO3S/c26-20-13-17(12-16-6-3-5-14-4-1-2-7-18(14)16)21(15-8-9-15)23-25(20)22-19(29-23)10-11-28-24(22)27/h1-7,10-11,13,15H,8-9,12H2. The Hall–Kier alpha value is -3.18. The quantitative estimate of drug-likeness (QED) is 0.425. The molecule has 1 fully saturated rings. The average Bonchev–Trinajstić information content (AvgIpc) is 3.47. The van der Waals surface area contributed by atoms with Crippen LogP contribution < -0.4 is 11.2 Å². The van der Waals surface area contributed by atoms with Crippen LogP contribution in [0.4, 0.5) is 0 Å². The summed E-state index contributed by atoms with van der Waals surface area (Å²) in [5.74, 6) is 0.454. The molecule has 6 rings (SSSR count). The Morgan fingerprint density at radius 2 is 1.83 bits per heavy atom. The van der Waals surface area contributed by atoms with Crippen molar-refractivity contribution in [3.05, 3.63) is 98.3 Å². The van der Waals surface area contributed by atoms with E-state index in [9.17, 15) is 9.59 Å². The first kappa shape index (κ1) is 16.7. The Bertz CT molecular complexity index is 1530. The molecule has 1 saturated carbocycles. The van der Waals surface area contributed by atoms with Crippen LogP contribution in [0.15, 0.2) is 74.9 Å². The number of thiazole rings is 1. The van der Waals surface area contributed by atoms with Gasteiger partial charge in [0.1, 0.15) is 4.83 Å². The highest BCUT2D eigenvalue weighted by molar-refractivity contribution is 7.24. The molecule has 5 heteroatoms. The van der Waals surface area contributed by atoms with Gasteiger partial charge in [-0.05, 0) is 58.7 Å². The van der Waals surface area contributed by atoms with Crippen molar-refractivity contribution in [3.8, 4) is 0 Å². The van der Waals surface area contributed by atoms with Crippen LogP contribution in [0.2, 0.25) is 0 Å². The number of hydrogen-bond donors (Lipinski definition) is 0. The number of rotatable bonds is 3. The molecule has 5 aromatic rings. The SMILES string of the molecule is O=c1occc2sc3c(C4CC4)c(Cc4cccc5ccccc45)cc(=O)n3c12. The molecule has 0 radical (unpaired) electrons. The molecule has 0 atom stereocenters. The topological polar surface area (TPSA) is 51.7 Å². The Balaban J connectivity index is 1.64. The molecule has 29 heavy (non-hydrogen) atoms. The molecule has 142 valence electrons. The van der Waals surface area contributed by atoms with Crippen molar-refractivity contribution in [1.29, 1.82) is 0 Å². The molecule has 0 unspecified atom stereocenters. The van der Waals surface area contributed by atoms with Gasteiger partial charge < -0.3 is 4.42 Å². The molecule has 1 aliphatic rings. The molecule has 3 heterocycles. The molecular weight excluding hydrogens is 382 g/mol. The van der Waals surface area contributed by atoms with Crippen molar-refractivity contribution in [2.24, 2.45) is 0 Å².